The van der Waals surface area contributed by atoms with Crippen molar-refractivity contribution in [1.82, 2.24) is 0 Å². The first-order valence-electron chi connectivity index (χ1n) is 4.79. The van der Waals surface area contributed by atoms with E-state index in [9.17, 15) is 4.89 Å². The van der Waals surface area contributed by atoms with Crippen LogP contribution in [-0.2, 0) is 0 Å². The van der Waals surface area contributed by atoms with E-state index >= 15 is 0 Å². The normalized spacial score (nSPS) is 9.53. The van der Waals surface area contributed by atoms with Crippen LogP contribution in [0.5, 0.6) is 11.5 Å². The van der Waals surface area contributed by atoms with Crippen LogP contribution in [0, 0.1) is 0 Å². The second kappa shape index (κ2) is 7.24. The van der Waals surface area contributed by atoms with Crippen molar-refractivity contribution in [3.63, 3.8) is 0 Å². The van der Waals surface area contributed by atoms with Crippen LogP contribution in [0.4, 0.5) is 0 Å². The molecule has 0 saturated heterocycles. The van der Waals surface area contributed by atoms with Gasteiger partial charge in [0.25, 0.3) is 0 Å². The third-order valence-corrected chi connectivity index (χ3v) is 2.59. The Hall–Kier alpha value is -1.14. The molecule has 0 aliphatic heterocycles. The maximum atomic E-state index is 9.58. The molecule has 0 aliphatic rings. The van der Waals surface area contributed by atoms with Crippen molar-refractivity contribution in [2.24, 2.45) is 0 Å². The van der Waals surface area contributed by atoms with Crippen molar-refractivity contribution in [2.75, 3.05) is 0 Å². The molecule has 1 N–H and O–H groups in total. The summed E-state index contributed by atoms with van der Waals surface area (Å²) < 4.78 is 10.4. The van der Waals surface area contributed by atoms with Gasteiger partial charge in [0.15, 0.2) is 0 Å². The smallest absolute Gasteiger partial charge is 0.418 e. The average molecular weight is 268 g/mol. The number of benzene rings is 2. The summed E-state index contributed by atoms with van der Waals surface area (Å²) in [6, 6.07) is 18.2. The molecule has 0 radical (unpaired) electrons. The molecule has 2 aromatic carbocycles. The molecule has 0 heterocycles. The lowest BCUT2D eigenvalue weighted by atomic mass is 10.3. The lowest BCUT2D eigenvalue weighted by Crippen LogP contribution is -1.93. The summed E-state index contributed by atoms with van der Waals surface area (Å²) in [5.41, 5.74) is 0. The number of para-hydroxylation sites is 2. The van der Waals surface area contributed by atoms with Crippen molar-refractivity contribution in [2.45, 2.75) is 0 Å². The lowest BCUT2D eigenvalue weighted by Gasteiger charge is -2.11. The van der Waals surface area contributed by atoms with Crippen LogP contribution in [0.2, 0.25) is 0 Å². The first kappa shape index (κ1) is 13.9. The fourth-order valence-electron chi connectivity index (χ4n) is 1.16. The highest BCUT2D eigenvalue weighted by Crippen LogP contribution is 2.35. The summed E-state index contributed by atoms with van der Waals surface area (Å²) in [5.74, 6) is 1.18. The molecule has 0 bridgehead atoms. The summed E-state index contributed by atoms with van der Waals surface area (Å²) in [5, 5.41) is 0. The Kier molecular flexibility index (Phi) is 5.93. The Bertz CT molecular complexity index is 381. The van der Waals surface area contributed by atoms with Crippen LogP contribution in [0.3, 0.4) is 0 Å². The molecule has 2 rings (SSSR count). The van der Waals surface area contributed by atoms with Crippen LogP contribution in [-0.4, -0.2) is 4.89 Å². The second-order valence-electron chi connectivity index (χ2n) is 3.05. The zero-order chi connectivity index (χ0) is 11.2. The van der Waals surface area contributed by atoms with E-state index in [2.05, 4.69) is 0 Å². The van der Waals surface area contributed by atoms with Crippen LogP contribution in [0.25, 0.3) is 0 Å². The molecular weight excluding hydrogens is 254 g/mol. The summed E-state index contributed by atoms with van der Waals surface area (Å²) in [6.07, 6.45) is 0. The van der Waals surface area contributed by atoms with E-state index in [1.807, 2.05) is 36.4 Å². The summed E-state index contributed by atoms with van der Waals surface area (Å²) >= 11 is 0. The average Bonchev–Trinajstić information content (AvgIpc) is 2.31. The highest BCUT2D eigenvalue weighted by molar-refractivity contribution is 7.41. The maximum Gasteiger partial charge on any atom is 0.460 e. The Morgan fingerprint density at radius 3 is 1.41 bits per heavy atom. The molecule has 1 atom stereocenters. The van der Waals surface area contributed by atoms with E-state index in [4.69, 9.17) is 9.05 Å². The fourth-order valence-corrected chi connectivity index (χ4v) is 1.80. The molecule has 1 unspecified atom stereocenters. The number of hydrogen-bond acceptors (Lipinski definition) is 3. The van der Waals surface area contributed by atoms with Gasteiger partial charge in [0.2, 0.25) is 0 Å². The lowest BCUT2D eigenvalue weighted by molar-refractivity contribution is 0.382. The highest BCUT2D eigenvalue weighted by atomic mass is 31.2. The van der Waals surface area contributed by atoms with Gasteiger partial charge in [0, 0.05) is 0 Å². The van der Waals surface area contributed by atoms with Gasteiger partial charge in [-0.15, -0.1) is 0 Å². The molecule has 2 aromatic rings. The van der Waals surface area contributed by atoms with Gasteiger partial charge < -0.3 is 13.9 Å². The Balaban J connectivity index is 0.00000144. The van der Waals surface area contributed by atoms with Crippen molar-refractivity contribution < 1.29 is 13.9 Å². The molecule has 3 nitrogen and oxygen atoms in total. The SMILES string of the molecule is OP(Oc1ccccc1)Oc1ccccc1.P. The molecule has 0 fully saturated rings. The van der Waals surface area contributed by atoms with Crippen LogP contribution >= 0.6 is 18.5 Å². The zero-order valence-corrected chi connectivity index (χ0v) is 11.5. The van der Waals surface area contributed by atoms with Gasteiger partial charge >= 0.3 is 8.60 Å². The summed E-state index contributed by atoms with van der Waals surface area (Å²) in [7, 11) is -1.93. The topological polar surface area (TPSA) is 38.7 Å². The molecule has 0 amide bonds. The Labute approximate surface area is 105 Å². The molecule has 0 aromatic heterocycles. The van der Waals surface area contributed by atoms with Gasteiger partial charge in [-0.3, -0.25) is 0 Å². The molecule has 0 saturated carbocycles. The summed E-state index contributed by atoms with van der Waals surface area (Å²) in [4.78, 5) is 9.58. The number of rotatable bonds is 4. The quantitative estimate of drug-likeness (QED) is 0.863. The first-order chi connectivity index (χ1) is 7.84. The highest BCUT2D eigenvalue weighted by Gasteiger charge is 2.10. The first-order valence-corrected chi connectivity index (χ1v) is 5.93. The maximum absolute atomic E-state index is 9.58. The standard InChI is InChI=1S/C12H11O3P.H3P/c13-16(14-11-7-3-1-4-8-11)15-12-9-5-2-6-10-12;/h1-10,13H;1H3. The minimum atomic E-state index is -1.93. The van der Waals surface area contributed by atoms with Gasteiger partial charge in [0.1, 0.15) is 11.5 Å². The van der Waals surface area contributed by atoms with E-state index in [-0.39, 0.29) is 9.90 Å². The van der Waals surface area contributed by atoms with Crippen molar-refractivity contribution in [3.05, 3.63) is 60.7 Å². The van der Waals surface area contributed by atoms with Gasteiger partial charge in [-0.1, -0.05) is 36.4 Å². The van der Waals surface area contributed by atoms with Crippen molar-refractivity contribution in [1.29, 1.82) is 0 Å². The molecular formula is C12H14O3P2. The second-order valence-corrected chi connectivity index (χ2v) is 3.89. The van der Waals surface area contributed by atoms with Crippen molar-refractivity contribution in [3.8, 4) is 11.5 Å². The molecule has 90 valence electrons. The van der Waals surface area contributed by atoms with E-state index in [1.165, 1.54) is 0 Å². The van der Waals surface area contributed by atoms with E-state index in [0.29, 0.717) is 11.5 Å². The van der Waals surface area contributed by atoms with Gasteiger partial charge in [-0.25, -0.2) is 0 Å². The largest absolute Gasteiger partial charge is 0.460 e. The molecule has 5 heteroatoms. The third kappa shape index (κ3) is 4.70. The van der Waals surface area contributed by atoms with Gasteiger partial charge in [-0.05, 0) is 24.3 Å². The van der Waals surface area contributed by atoms with Crippen LogP contribution in [0.1, 0.15) is 0 Å². The fraction of sp³-hybridized carbons (Fsp3) is 0. The van der Waals surface area contributed by atoms with E-state index in [1.54, 1.807) is 24.3 Å². The molecule has 0 spiro atoms. The zero-order valence-electron chi connectivity index (χ0n) is 9.19. The minimum Gasteiger partial charge on any atom is -0.418 e. The minimum absolute atomic E-state index is 0. The summed E-state index contributed by atoms with van der Waals surface area (Å²) in [6.45, 7) is 0. The monoisotopic (exact) mass is 268 g/mol. The number of hydrogen-bond donors (Lipinski definition) is 1. The van der Waals surface area contributed by atoms with Crippen LogP contribution in [0.15, 0.2) is 60.7 Å². The Morgan fingerprint density at radius 1 is 0.706 bits per heavy atom. The molecule has 0 aliphatic carbocycles. The van der Waals surface area contributed by atoms with E-state index < -0.39 is 8.60 Å². The van der Waals surface area contributed by atoms with Crippen LogP contribution < -0.4 is 9.05 Å². The predicted molar refractivity (Wildman–Crippen MR) is 74.4 cm³/mol. The van der Waals surface area contributed by atoms with Gasteiger partial charge in [-0.2, -0.15) is 9.90 Å². The van der Waals surface area contributed by atoms with Crippen molar-refractivity contribution >= 4 is 18.5 Å². The van der Waals surface area contributed by atoms with E-state index in [0.717, 1.165) is 0 Å². The molecule has 17 heavy (non-hydrogen) atoms. The Morgan fingerprint density at radius 2 is 1.06 bits per heavy atom. The van der Waals surface area contributed by atoms with Gasteiger partial charge in [0.05, 0.1) is 0 Å². The predicted octanol–water partition coefficient (Wildman–Crippen LogP) is 3.42. The third-order valence-electron chi connectivity index (χ3n) is 1.85.